The Morgan fingerprint density at radius 2 is 1.41 bits per heavy atom. The van der Waals surface area contributed by atoms with Crippen LogP contribution in [0.5, 0.6) is 0 Å². The zero-order valence-electron chi connectivity index (χ0n) is 12.4. The summed E-state index contributed by atoms with van der Waals surface area (Å²) in [7, 11) is 1.59. The molecule has 0 bridgehead atoms. The van der Waals surface area contributed by atoms with Crippen LogP contribution in [-0.2, 0) is 10.0 Å². The number of anilines is 2. The van der Waals surface area contributed by atoms with Gasteiger partial charge in [-0.1, -0.05) is 23.2 Å². The number of halogens is 2. The Labute approximate surface area is 140 Å². The molecule has 2 aromatic rings. The summed E-state index contributed by atoms with van der Waals surface area (Å²) >= 11 is 11.8. The lowest BCUT2D eigenvalue weighted by atomic mass is 10.3. The minimum absolute atomic E-state index is 0.0257. The van der Waals surface area contributed by atoms with Crippen molar-refractivity contribution >= 4 is 44.6 Å². The Hall–Kier alpha value is -1.43. The molecule has 118 valence electrons. The van der Waals surface area contributed by atoms with Gasteiger partial charge in [0.15, 0.2) is 0 Å². The van der Waals surface area contributed by atoms with Gasteiger partial charge in [-0.15, -0.1) is 0 Å². The molecule has 0 unspecified atom stereocenters. The summed E-state index contributed by atoms with van der Waals surface area (Å²) in [5.41, 5.74) is 1.54. The fraction of sp³-hybridized carbons (Fsp3) is 0.200. The van der Waals surface area contributed by atoms with Crippen molar-refractivity contribution in [2.24, 2.45) is 0 Å². The van der Waals surface area contributed by atoms with Gasteiger partial charge in [-0.05, 0) is 42.5 Å². The monoisotopic (exact) mass is 358 g/mol. The summed E-state index contributed by atoms with van der Waals surface area (Å²) < 4.78 is 26.5. The van der Waals surface area contributed by atoms with Crippen LogP contribution in [0.25, 0.3) is 0 Å². The smallest absolute Gasteiger partial charge is 0.265 e. The molecule has 0 aliphatic carbocycles. The topological polar surface area (TPSA) is 40.6 Å². The summed E-state index contributed by atoms with van der Waals surface area (Å²) in [5.74, 6) is 0. The van der Waals surface area contributed by atoms with Crippen LogP contribution in [0, 0.1) is 0 Å². The van der Waals surface area contributed by atoms with E-state index in [4.69, 9.17) is 23.2 Å². The maximum atomic E-state index is 12.7. The van der Waals surface area contributed by atoms with Crippen LogP contribution >= 0.6 is 23.2 Å². The zero-order valence-corrected chi connectivity index (χ0v) is 14.7. The van der Waals surface area contributed by atoms with Crippen LogP contribution < -0.4 is 9.21 Å². The molecule has 2 aromatic carbocycles. The van der Waals surface area contributed by atoms with Crippen molar-refractivity contribution in [3.8, 4) is 0 Å². The van der Waals surface area contributed by atoms with Gasteiger partial charge in [-0.25, -0.2) is 8.42 Å². The summed E-state index contributed by atoms with van der Waals surface area (Å²) in [6, 6.07) is 11.5. The Kier molecular flexibility index (Phi) is 4.90. The van der Waals surface area contributed by atoms with Gasteiger partial charge in [-0.3, -0.25) is 4.31 Å². The molecule has 0 fully saturated rings. The highest BCUT2D eigenvalue weighted by molar-refractivity contribution is 7.93. The second-order valence-corrected chi connectivity index (χ2v) is 7.74. The number of nitrogens with zero attached hydrogens (tertiary/aromatic N) is 2. The molecular formula is C15H16Cl2N2O2S. The molecule has 0 saturated carbocycles. The van der Waals surface area contributed by atoms with Crippen molar-refractivity contribution in [1.29, 1.82) is 0 Å². The lowest BCUT2D eigenvalue weighted by molar-refractivity contribution is 0.594. The lowest BCUT2D eigenvalue weighted by Crippen LogP contribution is -2.26. The summed E-state index contributed by atoms with van der Waals surface area (Å²) in [5, 5.41) is 0.492. The molecule has 2 rings (SSSR count). The summed E-state index contributed by atoms with van der Waals surface area (Å²) in [4.78, 5) is 1.96. The predicted octanol–water partition coefficient (Wildman–Crippen LogP) is 3.88. The number of sulfonamides is 1. The Balaban J connectivity index is 2.40. The molecule has 22 heavy (non-hydrogen) atoms. The van der Waals surface area contributed by atoms with E-state index in [-0.39, 0.29) is 9.92 Å². The molecule has 0 saturated heterocycles. The van der Waals surface area contributed by atoms with Crippen molar-refractivity contribution in [2.45, 2.75) is 4.90 Å². The van der Waals surface area contributed by atoms with E-state index in [1.165, 1.54) is 29.6 Å². The van der Waals surface area contributed by atoms with Gasteiger partial charge < -0.3 is 4.90 Å². The molecule has 0 heterocycles. The molecule has 7 heteroatoms. The Bertz CT molecular complexity index is 775. The highest BCUT2D eigenvalue weighted by atomic mass is 35.5. The van der Waals surface area contributed by atoms with Crippen LogP contribution in [0.2, 0.25) is 10.0 Å². The van der Waals surface area contributed by atoms with E-state index in [1.54, 1.807) is 12.1 Å². The first-order valence-corrected chi connectivity index (χ1v) is 8.64. The maximum Gasteiger partial charge on any atom is 0.265 e. The Morgan fingerprint density at radius 1 is 0.864 bits per heavy atom. The van der Waals surface area contributed by atoms with Crippen LogP contribution in [0.4, 0.5) is 11.4 Å². The molecule has 0 spiro atoms. The van der Waals surface area contributed by atoms with Gasteiger partial charge in [-0.2, -0.15) is 0 Å². The minimum atomic E-state index is -3.74. The first-order valence-electron chi connectivity index (χ1n) is 6.45. The standard InChI is InChI=1S/C15H16Cl2N2O2S/c1-18(2)12-5-7-13(8-6-12)19(3)22(20,21)15-9-4-11(16)10-14(15)17/h4-10H,1-3H3. The summed E-state index contributed by atoms with van der Waals surface area (Å²) in [6.45, 7) is 0. The quantitative estimate of drug-likeness (QED) is 0.832. The van der Waals surface area contributed by atoms with Crippen molar-refractivity contribution in [3.05, 3.63) is 52.5 Å². The van der Waals surface area contributed by atoms with Gasteiger partial charge in [0, 0.05) is 31.9 Å². The third-order valence-corrected chi connectivity index (χ3v) is 5.77. The van der Waals surface area contributed by atoms with Crippen LogP contribution in [0.1, 0.15) is 0 Å². The molecule has 4 nitrogen and oxygen atoms in total. The molecule has 0 radical (unpaired) electrons. The van der Waals surface area contributed by atoms with E-state index in [0.29, 0.717) is 10.7 Å². The third kappa shape index (κ3) is 3.32. The van der Waals surface area contributed by atoms with Crippen molar-refractivity contribution < 1.29 is 8.42 Å². The molecule has 0 aliphatic rings. The van der Waals surface area contributed by atoms with E-state index >= 15 is 0 Å². The van der Waals surface area contributed by atoms with Crippen molar-refractivity contribution in [1.82, 2.24) is 0 Å². The van der Waals surface area contributed by atoms with E-state index in [0.717, 1.165) is 5.69 Å². The number of hydrogen-bond donors (Lipinski definition) is 0. The van der Waals surface area contributed by atoms with Gasteiger partial charge >= 0.3 is 0 Å². The first kappa shape index (κ1) is 16.9. The van der Waals surface area contributed by atoms with Gasteiger partial charge in [0.25, 0.3) is 10.0 Å². The fourth-order valence-corrected chi connectivity index (χ4v) is 3.87. The minimum Gasteiger partial charge on any atom is -0.378 e. The molecule has 0 N–H and O–H groups in total. The zero-order chi connectivity index (χ0) is 16.5. The molecular weight excluding hydrogens is 343 g/mol. The summed E-state index contributed by atoms with van der Waals surface area (Å²) in [6.07, 6.45) is 0. The largest absolute Gasteiger partial charge is 0.378 e. The third-order valence-electron chi connectivity index (χ3n) is 3.26. The first-order chi connectivity index (χ1) is 10.2. The number of rotatable bonds is 4. The number of hydrogen-bond acceptors (Lipinski definition) is 3. The van der Waals surface area contributed by atoms with E-state index in [9.17, 15) is 8.42 Å². The van der Waals surface area contributed by atoms with Gasteiger partial charge in [0.05, 0.1) is 10.7 Å². The van der Waals surface area contributed by atoms with E-state index in [2.05, 4.69) is 0 Å². The second-order valence-electron chi connectivity index (χ2n) is 4.96. The van der Waals surface area contributed by atoms with Gasteiger partial charge in [0.1, 0.15) is 4.90 Å². The van der Waals surface area contributed by atoms with Crippen molar-refractivity contribution in [3.63, 3.8) is 0 Å². The fourth-order valence-electron chi connectivity index (χ4n) is 1.93. The Morgan fingerprint density at radius 3 is 1.91 bits per heavy atom. The van der Waals surface area contributed by atoms with Crippen LogP contribution in [-0.4, -0.2) is 29.6 Å². The molecule has 0 atom stereocenters. The maximum absolute atomic E-state index is 12.7. The SMILES string of the molecule is CN(C)c1ccc(N(C)S(=O)(=O)c2ccc(Cl)cc2Cl)cc1. The predicted molar refractivity (Wildman–Crippen MR) is 92.8 cm³/mol. The highest BCUT2D eigenvalue weighted by Crippen LogP contribution is 2.30. The average Bonchev–Trinajstić information content (AvgIpc) is 2.46. The molecule has 0 aliphatic heterocycles. The molecule has 0 amide bonds. The second kappa shape index (κ2) is 6.36. The van der Waals surface area contributed by atoms with E-state index in [1.807, 2.05) is 31.1 Å². The molecule has 0 aromatic heterocycles. The van der Waals surface area contributed by atoms with Gasteiger partial charge in [0.2, 0.25) is 0 Å². The van der Waals surface area contributed by atoms with Crippen LogP contribution in [0.3, 0.4) is 0 Å². The highest BCUT2D eigenvalue weighted by Gasteiger charge is 2.24. The number of benzene rings is 2. The average molecular weight is 359 g/mol. The van der Waals surface area contributed by atoms with Crippen molar-refractivity contribution in [2.75, 3.05) is 30.3 Å². The van der Waals surface area contributed by atoms with Crippen LogP contribution in [0.15, 0.2) is 47.4 Å². The van der Waals surface area contributed by atoms with E-state index < -0.39 is 10.0 Å². The lowest BCUT2D eigenvalue weighted by Gasteiger charge is -2.21. The normalized spacial score (nSPS) is 11.3.